The molecule has 0 saturated carbocycles. The number of esters is 1. The average molecular weight is 350 g/mol. The van der Waals surface area contributed by atoms with Gasteiger partial charge < -0.3 is 14.8 Å². The lowest BCUT2D eigenvalue weighted by atomic mass is 10.2. The standard InChI is InChI=1S/C20H18N2O4/c1-2-25-20(24)12-7-15-3-8-17(9-4-15)22-19(23)14-26-18-10-5-16(13-21)6-11-18/h3-12H,2,14H2,1H3,(H,22,23)/b12-7+. The Labute approximate surface area is 151 Å². The molecular weight excluding hydrogens is 332 g/mol. The predicted octanol–water partition coefficient (Wildman–Crippen LogP) is 3.15. The smallest absolute Gasteiger partial charge is 0.330 e. The van der Waals surface area contributed by atoms with Crippen molar-refractivity contribution in [1.29, 1.82) is 5.26 Å². The van der Waals surface area contributed by atoms with Crippen molar-refractivity contribution < 1.29 is 19.1 Å². The second kappa shape index (κ2) is 9.64. The number of carbonyl (C=O) groups excluding carboxylic acids is 2. The second-order valence-electron chi connectivity index (χ2n) is 5.18. The minimum Gasteiger partial charge on any atom is -0.484 e. The summed E-state index contributed by atoms with van der Waals surface area (Å²) in [5, 5.41) is 11.4. The molecule has 132 valence electrons. The maximum Gasteiger partial charge on any atom is 0.330 e. The third-order valence-corrected chi connectivity index (χ3v) is 3.25. The van der Waals surface area contributed by atoms with E-state index in [0.29, 0.717) is 23.6 Å². The highest BCUT2D eigenvalue weighted by Gasteiger charge is 2.04. The number of anilines is 1. The number of ether oxygens (including phenoxy) is 2. The maximum atomic E-state index is 11.9. The number of nitrogens with one attached hydrogen (secondary N) is 1. The van der Waals surface area contributed by atoms with Crippen molar-refractivity contribution in [2.75, 3.05) is 18.5 Å². The highest BCUT2D eigenvalue weighted by Crippen LogP contribution is 2.13. The van der Waals surface area contributed by atoms with Gasteiger partial charge in [-0.3, -0.25) is 4.79 Å². The largest absolute Gasteiger partial charge is 0.484 e. The van der Waals surface area contributed by atoms with Crippen LogP contribution in [0.4, 0.5) is 5.69 Å². The van der Waals surface area contributed by atoms with Crippen LogP contribution in [0.2, 0.25) is 0 Å². The van der Waals surface area contributed by atoms with Crippen LogP contribution < -0.4 is 10.1 Å². The Hall–Kier alpha value is -3.59. The summed E-state index contributed by atoms with van der Waals surface area (Å²) < 4.78 is 10.2. The van der Waals surface area contributed by atoms with Gasteiger partial charge in [0.15, 0.2) is 6.61 Å². The van der Waals surface area contributed by atoms with Gasteiger partial charge in [0, 0.05) is 11.8 Å². The Kier molecular flexibility index (Phi) is 6.95. The zero-order chi connectivity index (χ0) is 18.8. The molecule has 2 aromatic carbocycles. The molecule has 0 aliphatic heterocycles. The van der Waals surface area contributed by atoms with E-state index in [1.165, 1.54) is 6.08 Å². The molecule has 0 aromatic heterocycles. The summed E-state index contributed by atoms with van der Waals surface area (Å²) in [5.74, 6) is -0.187. The highest BCUT2D eigenvalue weighted by atomic mass is 16.5. The van der Waals surface area contributed by atoms with Crippen LogP contribution in [0.15, 0.2) is 54.6 Å². The molecule has 0 bridgehead atoms. The van der Waals surface area contributed by atoms with Crippen LogP contribution in [-0.4, -0.2) is 25.1 Å². The zero-order valence-electron chi connectivity index (χ0n) is 14.3. The first-order valence-electron chi connectivity index (χ1n) is 7.98. The maximum absolute atomic E-state index is 11.9. The SMILES string of the molecule is CCOC(=O)/C=C/c1ccc(NC(=O)COc2ccc(C#N)cc2)cc1. The lowest BCUT2D eigenvalue weighted by Crippen LogP contribution is -2.20. The first kappa shape index (κ1) is 18.7. The molecule has 0 aliphatic rings. The van der Waals surface area contributed by atoms with Crippen LogP contribution >= 0.6 is 0 Å². The van der Waals surface area contributed by atoms with Gasteiger partial charge in [0.2, 0.25) is 0 Å². The van der Waals surface area contributed by atoms with E-state index in [1.54, 1.807) is 61.5 Å². The van der Waals surface area contributed by atoms with Gasteiger partial charge in [-0.1, -0.05) is 12.1 Å². The second-order valence-corrected chi connectivity index (χ2v) is 5.18. The Bertz CT molecular complexity index is 818. The Morgan fingerprint density at radius 2 is 1.81 bits per heavy atom. The minimum absolute atomic E-state index is 0.142. The van der Waals surface area contributed by atoms with E-state index in [-0.39, 0.29) is 12.5 Å². The fourth-order valence-electron chi connectivity index (χ4n) is 2.00. The van der Waals surface area contributed by atoms with Gasteiger partial charge in [0.1, 0.15) is 5.75 Å². The van der Waals surface area contributed by atoms with Gasteiger partial charge in [-0.15, -0.1) is 0 Å². The van der Waals surface area contributed by atoms with Gasteiger partial charge in [-0.05, 0) is 55.0 Å². The van der Waals surface area contributed by atoms with Gasteiger partial charge in [0.25, 0.3) is 5.91 Å². The van der Waals surface area contributed by atoms with Crippen LogP contribution in [0.25, 0.3) is 6.08 Å². The van der Waals surface area contributed by atoms with Crippen molar-refractivity contribution >= 4 is 23.6 Å². The number of nitriles is 1. The first-order chi connectivity index (χ1) is 12.6. The molecule has 0 radical (unpaired) electrons. The molecule has 26 heavy (non-hydrogen) atoms. The van der Waals surface area contributed by atoms with Crippen LogP contribution in [-0.2, 0) is 14.3 Å². The van der Waals surface area contributed by atoms with E-state index >= 15 is 0 Å². The summed E-state index contributed by atoms with van der Waals surface area (Å²) in [5.41, 5.74) is 1.95. The van der Waals surface area contributed by atoms with Crippen molar-refractivity contribution in [3.05, 3.63) is 65.7 Å². The third kappa shape index (κ3) is 6.13. The molecular formula is C20H18N2O4. The lowest BCUT2D eigenvalue weighted by Gasteiger charge is -2.08. The predicted molar refractivity (Wildman–Crippen MR) is 97.4 cm³/mol. The lowest BCUT2D eigenvalue weighted by molar-refractivity contribution is -0.137. The summed E-state index contributed by atoms with van der Waals surface area (Å²) in [4.78, 5) is 23.2. The minimum atomic E-state index is -0.398. The molecule has 2 rings (SSSR count). The molecule has 0 spiro atoms. The Morgan fingerprint density at radius 3 is 2.42 bits per heavy atom. The summed E-state index contributed by atoms with van der Waals surface area (Å²) >= 11 is 0. The average Bonchev–Trinajstić information content (AvgIpc) is 2.66. The topological polar surface area (TPSA) is 88.4 Å². The monoisotopic (exact) mass is 350 g/mol. The number of nitrogens with zero attached hydrogens (tertiary/aromatic N) is 1. The first-order valence-corrected chi connectivity index (χ1v) is 7.98. The zero-order valence-corrected chi connectivity index (χ0v) is 14.3. The van der Waals surface area contributed by atoms with E-state index in [0.717, 1.165) is 5.56 Å². The van der Waals surface area contributed by atoms with Crippen LogP contribution in [0.5, 0.6) is 5.75 Å². The van der Waals surface area contributed by atoms with Gasteiger partial charge in [-0.2, -0.15) is 5.26 Å². The molecule has 0 aliphatic carbocycles. The number of rotatable bonds is 7. The van der Waals surface area contributed by atoms with E-state index in [2.05, 4.69) is 5.32 Å². The number of carbonyl (C=O) groups is 2. The fourth-order valence-corrected chi connectivity index (χ4v) is 2.00. The summed E-state index contributed by atoms with van der Waals surface area (Å²) in [6.07, 6.45) is 2.99. The van der Waals surface area contributed by atoms with E-state index < -0.39 is 5.97 Å². The molecule has 0 atom stereocenters. The fraction of sp³-hybridized carbons (Fsp3) is 0.150. The van der Waals surface area contributed by atoms with Crippen molar-refractivity contribution in [3.8, 4) is 11.8 Å². The number of hydrogen-bond acceptors (Lipinski definition) is 5. The van der Waals surface area contributed by atoms with Crippen LogP contribution in [0, 0.1) is 11.3 Å². The molecule has 1 amide bonds. The molecule has 2 aromatic rings. The van der Waals surface area contributed by atoms with Crippen molar-refractivity contribution in [2.45, 2.75) is 6.92 Å². The summed E-state index contributed by atoms with van der Waals surface area (Å²) in [6.45, 7) is 1.93. The van der Waals surface area contributed by atoms with Crippen LogP contribution in [0.3, 0.4) is 0 Å². The molecule has 6 nitrogen and oxygen atoms in total. The van der Waals surface area contributed by atoms with Crippen molar-refractivity contribution in [3.63, 3.8) is 0 Å². The van der Waals surface area contributed by atoms with E-state index in [1.807, 2.05) is 6.07 Å². The van der Waals surface area contributed by atoms with Crippen molar-refractivity contribution in [1.82, 2.24) is 0 Å². The number of benzene rings is 2. The Balaban J connectivity index is 1.83. The molecule has 6 heteroatoms. The molecule has 0 fully saturated rings. The summed E-state index contributed by atoms with van der Waals surface area (Å²) in [7, 11) is 0. The molecule has 0 unspecified atom stereocenters. The van der Waals surface area contributed by atoms with Gasteiger partial charge in [-0.25, -0.2) is 4.79 Å². The van der Waals surface area contributed by atoms with Gasteiger partial charge in [0.05, 0.1) is 18.2 Å². The van der Waals surface area contributed by atoms with E-state index in [4.69, 9.17) is 14.7 Å². The molecule has 1 N–H and O–H groups in total. The third-order valence-electron chi connectivity index (χ3n) is 3.25. The quantitative estimate of drug-likeness (QED) is 0.612. The van der Waals surface area contributed by atoms with Crippen molar-refractivity contribution in [2.24, 2.45) is 0 Å². The molecule has 0 saturated heterocycles. The van der Waals surface area contributed by atoms with E-state index in [9.17, 15) is 9.59 Å². The normalized spacial score (nSPS) is 10.2. The summed E-state index contributed by atoms with van der Waals surface area (Å²) in [6, 6.07) is 15.5. The highest BCUT2D eigenvalue weighted by molar-refractivity contribution is 5.92. The van der Waals surface area contributed by atoms with Crippen LogP contribution in [0.1, 0.15) is 18.1 Å². The number of amides is 1. The van der Waals surface area contributed by atoms with Gasteiger partial charge >= 0.3 is 5.97 Å². The number of hydrogen-bond donors (Lipinski definition) is 1. The molecule has 0 heterocycles. The Morgan fingerprint density at radius 1 is 1.12 bits per heavy atom.